The highest BCUT2D eigenvalue weighted by atomic mass is 16.5. The van der Waals surface area contributed by atoms with Crippen molar-refractivity contribution in [3.8, 4) is 0 Å². The Hall–Kier alpha value is -2.17. The Bertz CT molecular complexity index is 577. The van der Waals surface area contributed by atoms with E-state index < -0.39 is 11.7 Å². The van der Waals surface area contributed by atoms with E-state index in [0.29, 0.717) is 25.7 Å². The second-order valence-electron chi connectivity index (χ2n) is 6.67. The van der Waals surface area contributed by atoms with Crippen molar-refractivity contribution in [3.05, 3.63) is 72.9 Å². The first kappa shape index (κ1) is 25.8. The largest absolute Gasteiger partial charge is 0.469 e. The van der Waals surface area contributed by atoms with E-state index in [1.165, 1.54) is 7.11 Å². The van der Waals surface area contributed by atoms with Gasteiger partial charge in [-0.05, 0) is 39.0 Å². The fourth-order valence-electron chi connectivity index (χ4n) is 2.15. The highest BCUT2D eigenvalue weighted by molar-refractivity contribution is 5.69. The van der Waals surface area contributed by atoms with Crippen molar-refractivity contribution >= 4 is 5.97 Å². The summed E-state index contributed by atoms with van der Waals surface area (Å²) >= 11 is 0. The molecule has 0 saturated carbocycles. The number of esters is 1. The smallest absolute Gasteiger partial charge is 0.305 e. The third-order valence-electron chi connectivity index (χ3n) is 3.78. The van der Waals surface area contributed by atoms with Crippen LogP contribution in [0.5, 0.6) is 0 Å². The topological polar surface area (TPSA) is 66.8 Å². The van der Waals surface area contributed by atoms with E-state index in [2.05, 4.69) is 29.9 Å². The van der Waals surface area contributed by atoms with Crippen LogP contribution in [0.1, 0.15) is 52.4 Å². The fourth-order valence-corrected chi connectivity index (χ4v) is 2.15. The van der Waals surface area contributed by atoms with Gasteiger partial charge in [-0.25, -0.2) is 0 Å². The second-order valence-corrected chi connectivity index (χ2v) is 6.67. The molecular formula is C24H36O4. The van der Waals surface area contributed by atoms with Crippen molar-refractivity contribution in [3.63, 3.8) is 0 Å². The van der Waals surface area contributed by atoms with Crippen LogP contribution in [0.4, 0.5) is 0 Å². The van der Waals surface area contributed by atoms with Crippen LogP contribution < -0.4 is 0 Å². The van der Waals surface area contributed by atoms with Crippen molar-refractivity contribution in [1.29, 1.82) is 0 Å². The zero-order valence-electron chi connectivity index (χ0n) is 17.5. The van der Waals surface area contributed by atoms with Gasteiger partial charge in [-0.2, -0.15) is 0 Å². The summed E-state index contributed by atoms with van der Waals surface area (Å²) in [5.74, 6) is -0.234. The number of ether oxygens (including phenoxy) is 1. The fraction of sp³-hybridized carbons (Fsp3) is 0.458. The van der Waals surface area contributed by atoms with Crippen molar-refractivity contribution in [2.75, 3.05) is 7.11 Å². The molecule has 0 radical (unpaired) electrons. The van der Waals surface area contributed by atoms with Gasteiger partial charge in [0.25, 0.3) is 0 Å². The lowest BCUT2D eigenvalue weighted by molar-refractivity contribution is -0.140. The van der Waals surface area contributed by atoms with Crippen LogP contribution in [0.25, 0.3) is 0 Å². The van der Waals surface area contributed by atoms with Gasteiger partial charge in [0.15, 0.2) is 0 Å². The molecule has 156 valence electrons. The highest BCUT2D eigenvalue weighted by Crippen LogP contribution is 2.12. The van der Waals surface area contributed by atoms with E-state index in [-0.39, 0.29) is 5.97 Å². The van der Waals surface area contributed by atoms with Crippen molar-refractivity contribution in [2.24, 2.45) is 0 Å². The average Bonchev–Trinajstić information content (AvgIpc) is 2.66. The maximum atomic E-state index is 10.9. The molecule has 0 aromatic heterocycles. The maximum absolute atomic E-state index is 10.9. The summed E-state index contributed by atoms with van der Waals surface area (Å²) in [4.78, 5) is 10.9. The third kappa shape index (κ3) is 17.3. The first-order chi connectivity index (χ1) is 13.4. The summed E-state index contributed by atoms with van der Waals surface area (Å²) in [6, 6.07) is 0. The van der Waals surface area contributed by atoms with Crippen molar-refractivity contribution < 1.29 is 19.7 Å². The molecule has 4 nitrogen and oxygen atoms in total. The molecule has 0 amide bonds. The molecule has 0 unspecified atom stereocenters. The van der Waals surface area contributed by atoms with E-state index in [9.17, 15) is 15.0 Å². The van der Waals surface area contributed by atoms with Crippen LogP contribution >= 0.6 is 0 Å². The van der Waals surface area contributed by atoms with Gasteiger partial charge >= 0.3 is 5.97 Å². The van der Waals surface area contributed by atoms with Gasteiger partial charge in [0.2, 0.25) is 0 Å². The minimum Gasteiger partial charge on any atom is -0.469 e. The van der Waals surface area contributed by atoms with Crippen LogP contribution in [0.15, 0.2) is 72.9 Å². The normalized spacial score (nSPS) is 16.3. The minimum atomic E-state index is -0.881. The third-order valence-corrected chi connectivity index (χ3v) is 3.78. The molecule has 4 heteroatoms. The van der Waals surface area contributed by atoms with Crippen LogP contribution in [-0.2, 0) is 9.53 Å². The minimum absolute atomic E-state index is 0.234. The molecule has 0 aromatic rings. The second kappa shape index (κ2) is 17.0. The summed E-state index contributed by atoms with van der Waals surface area (Å²) in [7, 11) is 1.37. The first-order valence-corrected chi connectivity index (χ1v) is 9.86. The van der Waals surface area contributed by atoms with Crippen molar-refractivity contribution in [2.45, 2.75) is 64.1 Å². The van der Waals surface area contributed by atoms with E-state index in [1.54, 1.807) is 31.2 Å². The number of aliphatic hydroxyl groups excluding tert-OH is 1. The summed E-state index contributed by atoms with van der Waals surface area (Å²) in [6.45, 7) is 3.88. The maximum Gasteiger partial charge on any atom is 0.305 e. The molecule has 0 saturated heterocycles. The molecular weight excluding hydrogens is 352 g/mol. The Balaban J connectivity index is 4.10. The lowest BCUT2D eigenvalue weighted by Gasteiger charge is -2.15. The van der Waals surface area contributed by atoms with E-state index >= 15 is 0 Å². The van der Waals surface area contributed by atoms with Gasteiger partial charge < -0.3 is 14.9 Å². The van der Waals surface area contributed by atoms with Crippen LogP contribution in [-0.4, -0.2) is 35.0 Å². The summed E-state index contributed by atoms with van der Waals surface area (Å²) in [5.41, 5.74) is -0.881. The molecule has 2 N–H and O–H groups in total. The Morgan fingerprint density at radius 2 is 1.75 bits per heavy atom. The lowest BCUT2D eigenvalue weighted by atomic mass is 10.0. The number of allylic oxidation sites excluding steroid dienone is 8. The average molecular weight is 389 g/mol. The predicted molar refractivity (Wildman–Crippen MR) is 117 cm³/mol. The number of carbonyl (C=O) groups is 1. The molecule has 0 fully saturated rings. The molecule has 0 aliphatic carbocycles. The monoisotopic (exact) mass is 388 g/mol. The quantitative estimate of drug-likeness (QED) is 0.250. The van der Waals surface area contributed by atoms with Gasteiger partial charge in [0.05, 0.1) is 18.8 Å². The van der Waals surface area contributed by atoms with Gasteiger partial charge in [-0.15, -0.1) is 0 Å². The first-order valence-electron chi connectivity index (χ1n) is 9.86. The summed E-state index contributed by atoms with van der Waals surface area (Å²) < 4.78 is 4.55. The number of hydrogen-bond donors (Lipinski definition) is 2. The number of methoxy groups -OCH3 is 1. The van der Waals surface area contributed by atoms with Crippen LogP contribution in [0.3, 0.4) is 0 Å². The van der Waals surface area contributed by atoms with Crippen LogP contribution in [0.2, 0.25) is 0 Å². The molecule has 0 heterocycles. The van der Waals surface area contributed by atoms with Gasteiger partial charge in [0, 0.05) is 6.42 Å². The molecule has 0 aliphatic heterocycles. The number of carbonyl (C=O) groups excluding carboxylic acids is 1. The van der Waals surface area contributed by atoms with Crippen LogP contribution in [0, 0.1) is 0 Å². The molecule has 0 rings (SSSR count). The Labute approximate surface area is 170 Å². The molecule has 0 spiro atoms. The van der Waals surface area contributed by atoms with Gasteiger partial charge in [0.1, 0.15) is 0 Å². The van der Waals surface area contributed by atoms with E-state index in [4.69, 9.17) is 0 Å². The van der Waals surface area contributed by atoms with E-state index in [0.717, 1.165) is 12.8 Å². The highest BCUT2D eigenvalue weighted by Gasteiger charge is 2.12. The summed E-state index contributed by atoms with van der Waals surface area (Å²) in [6.07, 6.45) is 26.0. The van der Waals surface area contributed by atoms with Gasteiger partial charge in [-0.3, -0.25) is 4.79 Å². The Kier molecular flexibility index (Phi) is 15.6. The number of rotatable bonds is 14. The Morgan fingerprint density at radius 1 is 1.04 bits per heavy atom. The number of hydrogen-bond acceptors (Lipinski definition) is 4. The Morgan fingerprint density at radius 3 is 2.46 bits per heavy atom. The van der Waals surface area contributed by atoms with E-state index in [1.807, 2.05) is 30.4 Å². The molecule has 0 aromatic carbocycles. The molecule has 28 heavy (non-hydrogen) atoms. The summed E-state index contributed by atoms with van der Waals surface area (Å²) in [5, 5.41) is 20.1. The van der Waals surface area contributed by atoms with Crippen molar-refractivity contribution in [1.82, 2.24) is 0 Å². The predicted octanol–water partition coefficient (Wildman–Crippen LogP) is 4.97. The zero-order chi connectivity index (χ0) is 21.1. The van der Waals surface area contributed by atoms with Gasteiger partial charge in [-0.1, -0.05) is 79.8 Å². The zero-order valence-corrected chi connectivity index (χ0v) is 17.5. The molecule has 2 atom stereocenters. The molecule has 0 bridgehead atoms. The molecule has 0 aliphatic rings. The SMILES string of the molecule is CC/C=C\C/C=C\C[C@](C)(O)\C=C/C=C/C=C/[C@H](O)C/C=C\CCC(=O)OC. The number of aliphatic hydroxyl groups is 2. The standard InChI is InChI=1S/C24H36O4/c1-4-5-6-7-9-15-20-24(2,27)21-16-10-8-12-17-22(25)18-13-11-14-19-23(26)28-3/h5-6,8-13,15-17,21-22,25,27H,4,7,14,18-20H2,1-3H3/b6-5-,10-8+,13-11-,15-9-,17-12+,21-16-/t22-,24-/m0/s1. The lowest BCUT2D eigenvalue weighted by Crippen LogP contribution is -2.18.